The summed E-state index contributed by atoms with van der Waals surface area (Å²) in [6.45, 7) is 4.52. The van der Waals surface area contributed by atoms with Crippen molar-refractivity contribution in [2.24, 2.45) is 0 Å². The summed E-state index contributed by atoms with van der Waals surface area (Å²) in [7, 11) is 2.96. The number of aromatic hydroxyl groups is 1. The van der Waals surface area contributed by atoms with Gasteiger partial charge < -0.3 is 29.3 Å². The zero-order chi connectivity index (χ0) is 24.8. The lowest BCUT2D eigenvalue weighted by molar-refractivity contribution is -0.139. The number of likely N-dealkylation sites (tertiary alicyclic amines) is 1. The monoisotopic (exact) mass is 469 g/mol. The van der Waals surface area contributed by atoms with E-state index in [-0.39, 0.29) is 28.4 Å². The lowest BCUT2D eigenvalue weighted by Crippen LogP contribution is -2.30. The molecular formula is C26H31NO7. The molecule has 8 heteroatoms. The number of aliphatic hydroxyl groups excluding tert-OH is 1. The zero-order valence-electron chi connectivity index (χ0n) is 20.0. The van der Waals surface area contributed by atoms with Crippen LogP contribution >= 0.6 is 0 Å². The number of ether oxygens (including phenoxy) is 3. The van der Waals surface area contributed by atoms with Crippen LogP contribution in [0.3, 0.4) is 0 Å². The quantitative estimate of drug-likeness (QED) is 0.230. The average Bonchev–Trinajstić information content (AvgIpc) is 3.09. The number of benzene rings is 2. The molecule has 1 aliphatic rings. The molecule has 8 nitrogen and oxygen atoms in total. The minimum atomic E-state index is -0.844. The highest BCUT2D eigenvalue weighted by Gasteiger charge is 2.46. The molecule has 0 bridgehead atoms. The van der Waals surface area contributed by atoms with Crippen molar-refractivity contribution < 1.29 is 34.0 Å². The van der Waals surface area contributed by atoms with Crippen LogP contribution in [-0.4, -0.2) is 54.2 Å². The summed E-state index contributed by atoms with van der Waals surface area (Å²) < 4.78 is 16.1. The third-order valence-electron chi connectivity index (χ3n) is 5.81. The zero-order valence-corrected chi connectivity index (χ0v) is 20.0. The van der Waals surface area contributed by atoms with Gasteiger partial charge in [0, 0.05) is 12.6 Å². The summed E-state index contributed by atoms with van der Waals surface area (Å²) >= 11 is 0. The second kappa shape index (κ2) is 11.0. The van der Waals surface area contributed by atoms with Crippen LogP contribution in [0.5, 0.6) is 23.0 Å². The largest absolute Gasteiger partial charge is 0.507 e. The van der Waals surface area contributed by atoms with Crippen LogP contribution in [-0.2, 0) is 9.59 Å². The number of methoxy groups -OCH3 is 2. The maximum absolute atomic E-state index is 13.2. The van der Waals surface area contributed by atoms with E-state index in [9.17, 15) is 19.8 Å². The fourth-order valence-corrected chi connectivity index (χ4v) is 4.10. The van der Waals surface area contributed by atoms with E-state index in [0.29, 0.717) is 36.6 Å². The molecule has 0 spiro atoms. The van der Waals surface area contributed by atoms with Gasteiger partial charge in [0.25, 0.3) is 11.7 Å². The number of phenols is 1. The number of rotatable bonds is 10. The number of amides is 1. The van der Waals surface area contributed by atoms with Gasteiger partial charge in [-0.05, 0) is 43.2 Å². The van der Waals surface area contributed by atoms with Gasteiger partial charge in [-0.3, -0.25) is 9.59 Å². The van der Waals surface area contributed by atoms with E-state index in [1.807, 2.05) is 0 Å². The Morgan fingerprint density at radius 2 is 1.76 bits per heavy atom. The second-order valence-corrected chi connectivity index (χ2v) is 7.93. The number of phenolic OH excluding ortho intramolecular Hbond substituents is 1. The maximum atomic E-state index is 13.2. The Morgan fingerprint density at radius 1 is 1.00 bits per heavy atom. The van der Waals surface area contributed by atoms with Gasteiger partial charge >= 0.3 is 0 Å². The molecule has 2 N–H and O–H groups in total. The molecule has 182 valence electrons. The van der Waals surface area contributed by atoms with Crippen molar-refractivity contribution in [3.8, 4) is 23.0 Å². The number of aliphatic hydroxyl groups is 1. The summed E-state index contributed by atoms with van der Waals surface area (Å²) in [6, 6.07) is 8.65. The SMILES string of the molecule is CCCCCN1C(=O)C(=O)/C(=C(/O)c2ccc(OC)cc2OC)C1c1ccc(O)c(OCC)c1. The maximum Gasteiger partial charge on any atom is 0.295 e. The van der Waals surface area contributed by atoms with Crippen LogP contribution in [0.25, 0.3) is 5.76 Å². The Hall–Kier alpha value is -3.68. The van der Waals surface area contributed by atoms with Crippen LogP contribution in [0, 0.1) is 0 Å². The molecule has 1 unspecified atom stereocenters. The summed E-state index contributed by atoms with van der Waals surface area (Å²) in [6.07, 6.45) is 2.55. The topological polar surface area (TPSA) is 106 Å². The molecule has 0 aromatic heterocycles. The van der Waals surface area contributed by atoms with Crippen molar-refractivity contribution >= 4 is 17.4 Å². The van der Waals surface area contributed by atoms with E-state index in [0.717, 1.165) is 12.8 Å². The lowest BCUT2D eigenvalue weighted by atomic mass is 9.94. The summed E-state index contributed by atoms with van der Waals surface area (Å²) in [5.41, 5.74) is 0.771. The van der Waals surface area contributed by atoms with Crippen LogP contribution in [0.15, 0.2) is 42.0 Å². The number of carbonyl (C=O) groups is 2. The van der Waals surface area contributed by atoms with Gasteiger partial charge in [-0.25, -0.2) is 0 Å². The molecule has 3 rings (SSSR count). The highest BCUT2D eigenvalue weighted by Crippen LogP contribution is 2.43. The highest BCUT2D eigenvalue weighted by atomic mass is 16.5. The normalized spacial score (nSPS) is 17.2. The minimum absolute atomic E-state index is 0.0434. The van der Waals surface area contributed by atoms with Gasteiger partial charge in [0.1, 0.15) is 17.3 Å². The van der Waals surface area contributed by atoms with Crippen molar-refractivity contribution in [2.45, 2.75) is 39.2 Å². The predicted octanol–water partition coefficient (Wildman–Crippen LogP) is 4.42. The fraction of sp³-hybridized carbons (Fsp3) is 0.385. The first-order chi connectivity index (χ1) is 16.4. The average molecular weight is 470 g/mol. The van der Waals surface area contributed by atoms with Crippen molar-refractivity contribution in [3.63, 3.8) is 0 Å². The van der Waals surface area contributed by atoms with Crippen LogP contribution < -0.4 is 14.2 Å². The molecule has 2 aromatic carbocycles. The van der Waals surface area contributed by atoms with E-state index in [4.69, 9.17) is 14.2 Å². The molecule has 1 saturated heterocycles. The number of ketones is 1. The molecule has 0 saturated carbocycles. The fourth-order valence-electron chi connectivity index (χ4n) is 4.10. The molecule has 1 atom stereocenters. The molecule has 0 radical (unpaired) electrons. The standard InChI is InChI=1S/C26H31NO7/c1-5-7-8-13-27-23(16-9-12-19(28)21(14-16)34-6-2)22(25(30)26(27)31)24(29)18-11-10-17(32-3)15-20(18)33-4/h9-12,14-15,23,28-29H,5-8,13H2,1-4H3/b24-22+. The number of carbonyl (C=O) groups excluding carboxylic acids is 2. The second-order valence-electron chi connectivity index (χ2n) is 7.93. The summed E-state index contributed by atoms with van der Waals surface area (Å²) in [5, 5.41) is 21.5. The van der Waals surface area contributed by atoms with Gasteiger partial charge in [0.2, 0.25) is 0 Å². The molecule has 34 heavy (non-hydrogen) atoms. The van der Waals surface area contributed by atoms with Crippen LogP contribution in [0.1, 0.15) is 50.3 Å². The molecule has 1 amide bonds. The Labute approximate surface area is 199 Å². The minimum Gasteiger partial charge on any atom is -0.507 e. The number of hydrogen-bond donors (Lipinski definition) is 2. The van der Waals surface area contributed by atoms with Crippen LogP contribution in [0.4, 0.5) is 0 Å². The number of hydrogen-bond acceptors (Lipinski definition) is 7. The van der Waals surface area contributed by atoms with Crippen molar-refractivity contribution in [1.29, 1.82) is 0 Å². The first-order valence-corrected chi connectivity index (χ1v) is 11.3. The lowest BCUT2D eigenvalue weighted by Gasteiger charge is -2.26. The molecule has 1 heterocycles. The van der Waals surface area contributed by atoms with Gasteiger partial charge in [-0.2, -0.15) is 0 Å². The predicted molar refractivity (Wildman–Crippen MR) is 127 cm³/mol. The van der Waals surface area contributed by atoms with Crippen molar-refractivity contribution in [1.82, 2.24) is 4.90 Å². The third kappa shape index (κ3) is 4.81. The molecule has 1 aliphatic heterocycles. The van der Waals surface area contributed by atoms with E-state index in [1.54, 1.807) is 37.3 Å². The molecule has 0 aliphatic carbocycles. The van der Waals surface area contributed by atoms with Gasteiger partial charge in [-0.1, -0.05) is 25.8 Å². The number of nitrogens with zero attached hydrogens (tertiary/aromatic N) is 1. The highest BCUT2D eigenvalue weighted by molar-refractivity contribution is 6.46. The molecule has 2 aromatic rings. The smallest absolute Gasteiger partial charge is 0.295 e. The van der Waals surface area contributed by atoms with E-state index in [2.05, 4.69) is 6.92 Å². The van der Waals surface area contributed by atoms with Gasteiger partial charge in [0.05, 0.1) is 38.0 Å². The van der Waals surface area contributed by atoms with Gasteiger partial charge in [0.15, 0.2) is 11.5 Å². The summed E-state index contributed by atoms with van der Waals surface area (Å²) in [5.74, 6) is -0.791. The van der Waals surface area contributed by atoms with E-state index < -0.39 is 17.7 Å². The third-order valence-corrected chi connectivity index (χ3v) is 5.81. The Kier molecular flexibility index (Phi) is 8.04. The van der Waals surface area contributed by atoms with Gasteiger partial charge in [-0.15, -0.1) is 0 Å². The Balaban J connectivity index is 2.20. The molecular weight excluding hydrogens is 438 g/mol. The van der Waals surface area contributed by atoms with E-state index >= 15 is 0 Å². The Morgan fingerprint density at radius 3 is 2.41 bits per heavy atom. The number of Topliss-reactive ketones (excluding diaryl/α,β-unsaturated/α-hetero) is 1. The first kappa shape index (κ1) is 25.0. The molecule has 1 fully saturated rings. The summed E-state index contributed by atoms with van der Waals surface area (Å²) in [4.78, 5) is 27.7. The first-order valence-electron chi connectivity index (χ1n) is 11.3. The number of unbranched alkanes of at least 4 members (excludes halogenated alkanes) is 2. The van der Waals surface area contributed by atoms with E-state index in [1.165, 1.54) is 25.2 Å². The Bertz CT molecular complexity index is 1090. The van der Waals surface area contributed by atoms with Crippen LogP contribution in [0.2, 0.25) is 0 Å². The van der Waals surface area contributed by atoms with Crippen molar-refractivity contribution in [3.05, 3.63) is 53.1 Å². The van der Waals surface area contributed by atoms with Crippen molar-refractivity contribution in [2.75, 3.05) is 27.4 Å².